The van der Waals surface area contributed by atoms with E-state index in [9.17, 15) is 0 Å². The minimum Gasteiger partial charge on any atom is -0.379 e. The minimum absolute atomic E-state index is 0.709. The lowest BCUT2D eigenvalue weighted by Crippen LogP contribution is -2.36. The molecule has 1 N–H and O–H groups in total. The molecule has 0 atom stereocenters. The highest BCUT2D eigenvalue weighted by atomic mass is 16.5. The molecule has 6 nitrogen and oxygen atoms in total. The second-order valence-corrected chi connectivity index (χ2v) is 6.10. The number of hydrogen-bond donors (Lipinski definition) is 1. The van der Waals surface area contributed by atoms with Crippen molar-refractivity contribution in [3.8, 4) is 0 Å². The molecule has 6 heteroatoms. The van der Waals surface area contributed by atoms with Crippen LogP contribution in [-0.2, 0) is 17.8 Å². The third-order valence-corrected chi connectivity index (χ3v) is 4.33. The lowest BCUT2D eigenvalue weighted by atomic mass is 10.2. The molecule has 0 radical (unpaired) electrons. The molecule has 1 aromatic carbocycles. The zero-order valence-corrected chi connectivity index (χ0v) is 14.1. The summed E-state index contributed by atoms with van der Waals surface area (Å²) in [6.45, 7) is 4.87. The Morgan fingerprint density at radius 1 is 1.00 bits per heavy atom. The molecular formula is C19H21N5O. The van der Waals surface area contributed by atoms with Gasteiger partial charge in [0.1, 0.15) is 11.6 Å². The van der Waals surface area contributed by atoms with E-state index in [0.29, 0.717) is 6.54 Å². The van der Waals surface area contributed by atoms with E-state index < -0.39 is 0 Å². The predicted molar refractivity (Wildman–Crippen MR) is 97.2 cm³/mol. The first-order chi connectivity index (χ1) is 12.4. The van der Waals surface area contributed by atoms with Crippen molar-refractivity contribution < 1.29 is 4.74 Å². The lowest BCUT2D eigenvalue weighted by molar-refractivity contribution is 0.0331. The average molecular weight is 335 g/mol. The Hall–Kier alpha value is -2.57. The number of nitrogens with zero attached hydrogens (tertiary/aromatic N) is 4. The van der Waals surface area contributed by atoms with Crippen LogP contribution in [0, 0.1) is 0 Å². The van der Waals surface area contributed by atoms with Crippen LogP contribution in [0.5, 0.6) is 0 Å². The van der Waals surface area contributed by atoms with Crippen LogP contribution in [-0.4, -0.2) is 46.2 Å². The van der Waals surface area contributed by atoms with Gasteiger partial charge in [-0.25, -0.2) is 9.97 Å². The number of hydrogen-bond acceptors (Lipinski definition) is 6. The summed E-state index contributed by atoms with van der Waals surface area (Å²) < 4.78 is 5.42. The highest BCUT2D eigenvalue weighted by molar-refractivity contribution is 5.88. The topological polar surface area (TPSA) is 63.2 Å². The summed E-state index contributed by atoms with van der Waals surface area (Å²) >= 11 is 0. The molecule has 0 unspecified atom stereocenters. The fourth-order valence-corrected chi connectivity index (χ4v) is 2.98. The molecule has 0 amide bonds. The van der Waals surface area contributed by atoms with Gasteiger partial charge in [-0.2, -0.15) is 0 Å². The van der Waals surface area contributed by atoms with Crippen molar-refractivity contribution in [3.63, 3.8) is 0 Å². The Bertz CT molecular complexity index is 834. The van der Waals surface area contributed by atoms with E-state index in [4.69, 9.17) is 14.7 Å². The number of para-hydroxylation sites is 1. The molecule has 3 heterocycles. The maximum atomic E-state index is 5.42. The molecule has 3 aromatic rings. The van der Waals surface area contributed by atoms with E-state index in [1.807, 2.05) is 30.3 Å². The van der Waals surface area contributed by atoms with Crippen LogP contribution in [0.25, 0.3) is 10.9 Å². The maximum Gasteiger partial charge on any atom is 0.145 e. The van der Waals surface area contributed by atoms with Gasteiger partial charge in [0, 0.05) is 37.4 Å². The van der Waals surface area contributed by atoms with Gasteiger partial charge in [-0.15, -0.1) is 0 Å². The molecule has 25 heavy (non-hydrogen) atoms. The molecule has 0 spiro atoms. The molecule has 0 aliphatic carbocycles. The standard InChI is InChI=1S/C19H21N5O/c1-2-4-17-16(3-1)19(21-13-15-5-7-20-8-6-15)23-18(22-17)14-24-9-11-25-12-10-24/h1-8H,9-14H2,(H,21,22,23). The first-order valence-corrected chi connectivity index (χ1v) is 8.57. The lowest BCUT2D eigenvalue weighted by Gasteiger charge is -2.26. The molecule has 0 bridgehead atoms. The number of benzene rings is 1. The van der Waals surface area contributed by atoms with E-state index in [-0.39, 0.29) is 0 Å². The molecule has 0 saturated carbocycles. The van der Waals surface area contributed by atoms with Crippen molar-refractivity contribution in [1.82, 2.24) is 19.9 Å². The van der Waals surface area contributed by atoms with Crippen molar-refractivity contribution in [1.29, 1.82) is 0 Å². The number of pyridine rings is 1. The molecule has 4 rings (SSSR count). The van der Waals surface area contributed by atoms with E-state index in [1.165, 1.54) is 5.56 Å². The van der Waals surface area contributed by atoms with Gasteiger partial charge in [-0.05, 0) is 29.8 Å². The second-order valence-electron chi connectivity index (χ2n) is 6.10. The summed E-state index contributed by atoms with van der Waals surface area (Å²) in [5, 5.41) is 4.50. The number of nitrogens with one attached hydrogen (secondary N) is 1. The van der Waals surface area contributed by atoms with E-state index in [1.54, 1.807) is 12.4 Å². The van der Waals surface area contributed by atoms with E-state index in [0.717, 1.165) is 55.4 Å². The van der Waals surface area contributed by atoms with Gasteiger partial charge in [0.15, 0.2) is 0 Å². The summed E-state index contributed by atoms with van der Waals surface area (Å²) in [4.78, 5) is 15.9. The van der Waals surface area contributed by atoms with Crippen LogP contribution >= 0.6 is 0 Å². The van der Waals surface area contributed by atoms with Gasteiger partial charge >= 0.3 is 0 Å². The largest absolute Gasteiger partial charge is 0.379 e. The third kappa shape index (κ3) is 3.92. The van der Waals surface area contributed by atoms with E-state index >= 15 is 0 Å². The molecule has 1 saturated heterocycles. The van der Waals surface area contributed by atoms with Crippen molar-refractivity contribution in [2.24, 2.45) is 0 Å². The maximum absolute atomic E-state index is 5.42. The fraction of sp³-hybridized carbons (Fsp3) is 0.316. The summed E-state index contributed by atoms with van der Waals surface area (Å²) in [7, 11) is 0. The quantitative estimate of drug-likeness (QED) is 0.773. The Morgan fingerprint density at radius 2 is 1.80 bits per heavy atom. The fourth-order valence-electron chi connectivity index (χ4n) is 2.98. The number of rotatable bonds is 5. The van der Waals surface area contributed by atoms with E-state index in [2.05, 4.69) is 21.3 Å². The number of aromatic nitrogens is 3. The zero-order valence-electron chi connectivity index (χ0n) is 14.1. The predicted octanol–water partition coefficient (Wildman–Crippen LogP) is 2.47. The molecular weight excluding hydrogens is 314 g/mol. The highest BCUT2D eigenvalue weighted by Gasteiger charge is 2.14. The molecule has 1 fully saturated rings. The minimum atomic E-state index is 0.709. The van der Waals surface area contributed by atoms with Gasteiger partial charge < -0.3 is 10.1 Å². The number of anilines is 1. The summed E-state index contributed by atoms with van der Waals surface area (Å²) in [6, 6.07) is 12.1. The Labute approximate surface area is 146 Å². The second kappa shape index (κ2) is 7.55. The van der Waals surface area contributed by atoms with Crippen LogP contribution < -0.4 is 5.32 Å². The molecule has 2 aromatic heterocycles. The first-order valence-electron chi connectivity index (χ1n) is 8.57. The van der Waals surface area contributed by atoms with Crippen LogP contribution in [0.1, 0.15) is 11.4 Å². The zero-order chi connectivity index (χ0) is 16.9. The monoisotopic (exact) mass is 335 g/mol. The van der Waals surface area contributed by atoms with Crippen LogP contribution in [0.4, 0.5) is 5.82 Å². The molecule has 1 aliphatic rings. The van der Waals surface area contributed by atoms with Crippen LogP contribution in [0.3, 0.4) is 0 Å². The number of ether oxygens (including phenoxy) is 1. The van der Waals surface area contributed by atoms with Crippen LogP contribution in [0.15, 0.2) is 48.8 Å². The van der Waals surface area contributed by atoms with Crippen molar-refractivity contribution in [2.75, 3.05) is 31.6 Å². The smallest absolute Gasteiger partial charge is 0.145 e. The number of fused-ring (bicyclic) bond motifs is 1. The number of morpholine rings is 1. The van der Waals surface area contributed by atoms with Gasteiger partial charge in [0.25, 0.3) is 0 Å². The summed E-state index contributed by atoms with van der Waals surface area (Å²) in [5.74, 6) is 1.73. The summed E-state index contributed by atoms with van der Waals surface area (Å²) in [5.41, 5.74) is 2.14. The average Bonchev–Trinajstić information content (AvgIpc) is 2.68. The van der Waals surface area contributed by atoms with Gasteiger partial charge in [0.05, 0.1) is 25.3 Å². The first kappa shape index (κ1) is 15.9. The van der Waals surface area contributed by atoms with Gasteiger partial charge in [-0.3, -0.25) is 9.88 Å². The highest BCUT2D eigenvalue weighted by Crippen LogP contribution is 2.21. The van der Waals surface area contributed by atoms with Crippen molar-refractivity contribution in [3.05, 3.63) is 60.2 Å². The van der Waals surface area contributed by atoms with Crippen molar-refractivity contribution >= 4 is 16.7 Å². The normalized spacial score (nSPS) is 15.4. The Kier molecular flexibility index (Phi) is 4.81. The SMILES string of the molecule is c1ccc2c(NCc3ccncc3)nc(CN3CCOCC3)nc2c1. The van der Waals surface area contributed by atoms with Gasteiger partial charge in [-0.1, -0.05) is 12.1 Å². The third-order valence-electron chi connectivity index (χ3n) is 4.33. The Morgan fingerprint density at radius 3 is 2.64 bits per heavy atom. The molecule has 1 aliphatic heterocycles. The Balaban J connectivity index is 1.59. The molecule has 128 valence electrons. The van der Waals surface area contributed by atoms with Gasteiger partial charge in [0.2, 0.25) is 0 Å². The van der Waals surface area contributed by atoms with Crippen LogP contribution in [0.2, 0.25) is 0 Å². The van der Waals surface area contributed by atoms with Crippen molar-refractivity contribution in [2.45, 2.75) is 13.1 Å². The summed E-state index contributed by atoms with van der Waals surface area (Å²) in [6.07, 6.45) is 3.61.